The van der Waals surface area contributed by atoms with Crippen molar-refractivity contribution in [3.05, 3.63) is 19.2 Å². The van der Waals surface area contributed by atoms with Crippen molar-refractivity contribution in [3.8, 4) is 6.07 Å². The molecule has 0 N–H and O–H groups in total. The highest BCUT2D eigenvalue weighted by atomic mass is 79.9. The maximum Gasteiger partial charge on any atom is 0.264 e. The Bertz CT molecular complexity index is 433. The summed E-state index contributed by atoms with van der Waals surface area (Å²) in [4.78, 5) is 14.5. The Hall–Kier alpha value is -0.380. The van der Waals surface area contributed by atoms with E-state index in [1.54, 1.807) is 11.0 Å². The number of halogens is 2. The van der Waals surface area contributed by atoms with Crippen molar-refractivity contribution in [1.29, 1.82) is 5.26 Å². The smallest absolute Gasteiger partial charge is 0.264 e. The molecular formula is C11H12Br2N2OS. The van der Waals surface area contributed by atoms with E-state index in [1.165, 1.54) is 11.3 Å². The number of thiophene rings is 1. The third kappa shape index (κ3) is 3.80. The fourth-order valence-electron chi connectivity index (χ4n) is 1.33. The van der Waals surface area contributed by atoms with Crippen LogP contribution in [0.25, 0.3) is 0 Å². The number of carbonyl (C=O) groups excluding carboxylic acids is 1. The highest BCUT2D eigenvalue weighted by Gasteiger charge is 2.19. The Kier molecular flexibility index (Phi) is 5.63. The van der Waals surface area contributed by atoms with Gasteiger partial charge in [0.25, 0.3) is 5.91 Å². The standard InChI is InChI=1S/C11H12Br2N2OS/c1-3-15(6-7(2)5-14)11(16)9-4-8(12)10(13)17-9/h4,7H,3,6H2,1-2H3. The molecule has 1 rings (SSSR count). The molecule has 17 heavy (non-hydrogen) atoms. The fraction of sp³-hybridized carbons (Fsp3) is 0.455. The Morgan fingerprint density at radius 1 is 1.65 bits per heavy atom. The molecule has 1 heterocycles. The van der Waals surface area contributed by atoms with Crippen LogP contribution < -0.4 is 0 Å². The third-order valence-electron chi connectivity index (χ3n) is 2.24. The number of hydrogen-bond donors (Lipinski definition) is 0. The molecule has 0 radical (unpaired) electrons. The molecule has 0 spiro atoms. The molecule has 0 aliphatic rings. The van der Waals surface area contributed by atoms with Crippen molar-refractivity contribution in [2.75, 3.05) is 13.1 Å². The molecule has 0 aliphatic carbocycles. The van der Waals surface area contributed by atoms with Gasteiger partial charge in [-0.2, -0.15) is 5.26 Å². The summed E-state index contributed by atoms with van der Waals surface area (Å²) in [6.45, 7) is 4.81. The van der Waals surface area contributed by atoms with Crippen molar-refractivity contribution in [1.82, 2.24) is 4.90 Å². The first-order valence-electron chi connectivity index (χ1n) is 5.13. The van der Waals surface area contributed by atoms with Gasteiger partial charge in [0.05, 0.1) is 20.7 Å². The van der Waals surface area contributed by atoms with Crippen LogP contribution in [0.5, 0.6) is 0 Å². The van der Waals surface area contributed by atoms with E-state index in [9.17, 15) is 4.79 Å². The predicted octanol–water partition coefficient (Wildman–Crippen LogP) is 3.89. The molecule has 0 aliphatic heterocycles. The molecule has 6 heteroatoms. The molecule has 3 nitrogen and oxygen atoms in total. The largest absolute Gasteiger partial charge is 0.337 e. The van der Waals surface area contributed by atoms with Gasteiger partial charge in [0.2, 0.25) is 0 Å². The topological polar surface area (TPSA) is 44.1 Å². The fourth-order valence-corrected chi connectivity index (χ4v) is 3.34. The van der Waals surface area contributed by atoms with Gasteiger partial charge in [0.1, 0.15) is 0 Å². The lowest BCUT2D eigenvalue weighted by molar-refractivity contribution is 0.0757. The zero-order chi connectivity index (χ0) is 13.0. The molecule has 92 valence electrons. The monoisotopic (exact) mass is 378 g/mol. The Balaban J connectivity index is 2.83. The van der Waals surface area contributed by atoms with E-state index in [0.29, 0.717) is 18.0 Å². The van der Waals surface area contributed by atoms with Crippen LogP contribution in [0.2, 0.25) is 0 Å². The van der Waals surface area contributed by atoms with Gasteiger partial charge >= 0.3 is 0 Å². The normalized spacial score (nSPS) is 11.9. The maximum absolute atomic E-state index is 12.2. The van der Waals surface area contributed by atoms with Gasteiger partial charge in [-0.15, -0.1) is 11.3 Å². The van der Waals surface area contributed by atoms with Crippen LogP contribution in [-0.2, 0) is 0 Å². The Morgan fingerprint density at radius 2 is 2.29 bits per heavy atom. The van der Waals surface area contributed by atoms with Crippen molar-refractivity contribution in [2.24, 2.45) is 5.92 Å². The van der Waals surface area contributed by atoms with E-state index in [1.807, 2.05) is 13.8 Å². The van der Waals surface area contributed by atoms with E-state index in [2.05, 4.69) is 37.9 Å². The van der Waals surface area contributed by atoms with Gasteiger partial charge in [-0.05, 0) is 51.8 Å². The second kappa shape index (κ2) is 6.53. The summed E-state index contributed by atoms with van der Waals surface area (Å²) in [6.07, 6.45) is 0. The minimum Gasteiger partial charge on any atom is -0.337 e. The van der Waals surface area contributed by atoms with E-state index < -0.39 is 0 Å². The summed E-state index contributed by atoms with van der Waals surface area (Å²) < 4.78 is 1.79. The number of rotatable bonds is 4. The first kappa shape index (κ1) is 14.7. The molecule has 1 aromatic rings. The number of hydrogen-bond acceptors (Lipinski definition) is 3. The number of amides is 1. The summed E-state index contributed by atoms with van der Waals surface area (Å²) >= 11 is 8.13. The van der Waals surface area contributed by atoms with Gasteiger partial charge in [-0.3, -0.25) is 4.79 Å². The van der Waals surface area contributed by atoms with Crippen molar-refractivity contribution < 1.29 is 4.79 Å². The third-order valence-corrected chi connectivity index (χ3v) is 5.48. The van der Waals surface area contributed by atoms with Crippen LogP contribution in [0.15, 0.2) is 14.3 Å². The van der Waals surface area contributed by atoms with Gasteiger partial charge in [-0.1, -0.05) is 0 Å². The first-order chi connectivity index (χ1) is 7.99. The number of carbonyl (C=O) groups is 1. The molecule has 0 saturated heterocycles. The van der Waals surface area contributed by atoms with Crippen molar-refractivity contribution in [3.63, 3.8) is 0 Å². The minimum absolute atomic E-state index is 0.0222. The summed E-state index contributed by atoms with van der Waals surface area (Å²) in [7, 11) is 0. The van der Waals surface area contributed by atoms with E-state index in [-0.39, 0.29) is 11.8 Å². The summed E-state index contributed by atoms with van der Waals surface area (Å²) in [5, 5.41) is 8.78. The van der Waals surface area contributed by atoms with Gasteiger partial charge < -0.3 is 4.90 Å². The van der Waals surface area contributed by atoms with Crippen LogP contribution in [-0.4, -0.2) is 23.9 Å². The minimum atomic E-state index is -0.147. The average Bonchev–Trinajstić information content (AvgIpc) is 2.65. The number of nitriles is 1. The van der Waals surface area contributed by atoms with E-state index in [0.717, 1.165) is 8.26 Å². The number of nitrogens with zero attached hydrogens (tertiary/aromatic N) is 2. The van der Waals surface area contributed by atoms with Crippen molar-refractivity contribution >= 4 is 49.1 Å². The van der Waals surface area contributed by atoms with Crippen LogP contribution in [0, 0.1) is 17.2 Å². The molecule has 0 fully saturated rings. The quantitative estimate of drug-likeness (QED) is 0.796. The lowest BCUT2D eigenvalue weighted by atomic mass is 10.2. The summed E-state index contributed by atoms with van der Waals surface area (Å²) in [5.74, 6) is -0.170. The van der Waals surface area contributed by atoms with Gasteiger partial charge in [0.15, 0.2) is 0 Å². The van der Waals surface area contributed by atoms with Crippen LogP contribution in [0.3, 0.4) is 0 Å². The predicted molar refractivity (Wildman–Crippen MR) is 76.1 cm³/mol. The zero-order valence-corrected chi connectivity index (χ0v) is 13.5. The van der Waals surface area contributed by atoms with Crippen LogP contribution >= 0.6 is 43.2 Å². The zero-order valence-electron chi connectivity index (χ0n) is 9.54. The summed E-state index contributed by atoms with van der Waals surface area (Å²) in [6, 6.07) is 3.95. The van der Waals surface area contributed by atoms with Crippen LogP contribution in [0.1, 0.15) is 23.5 Å². The molecule has 0 bridgehead atoms. The molecule has 0 saturated carbocycles. The van der Waals surface area contributed by atoms with Gasteiger partial charge in [-0.25, -0.2) is 0 Å². The molecular weight excluding hydrogens is 368 g/mol. The molecule has 1 amide bonds. The van der Waals surface area contributed by atoms with E-state index in [4.69, 9.17) is 5.26 Å². The second-order valence-corrected chi connectivity index (χ2v) is 6.83. The lowest BCUT2D eigenvalue weighted by Crippen LogP contribution is -2.33. The molecule has 0 aromatic carbocycles. The second-order valence-electron chi connectivity index (χ2n) is 3.61. The molecule has 1 unspecified atom stereocenters. The highest BCUT2D eigenvalue weighted by Crippen LogP contribution is 2.33. The molecule has 1 aromatic heterocycles. The lowest BCUT2D eigenvalue weighted by Gasteiger charge is -2.21. The Morgan fingerprint density at radius 3 is 2.71 bits per heavy atom. The summed E-state index contributed by atoms with van der Waals surface area (Å²) in [5.41, 5.74) is 0. The van der Waals surface area contributed by atoms with Crippen molar-refractivity contribution in [2.45, 2.75) is 13.8 Å². The average molecular weight is 380 g/mol. The Labute approximate surface area is 122 Å². The molecule has 1 atom stereocenters. The van der Waals surface area contributed by atoms with Gasteiger partial charge in [0, 0.05) is 17.6 Å². The maximum atomic E-state index is 12.2. The SMILES string of the molecule is CCN(CC(C)C#N)C(=O)c1cc(Br)c(Br)s1. The first-order valence-corrected chi connectivity index (χ1v) is 7.53. The highest BCUT2D eigenvalue weighted by molar-refractivity contribution is 9.13. The van der Waals surface area contributed by atoms with E-state index >= 15 is 0 Å². The van der Waals surface area contributed by atoms with Crippen LogP contribution in [0.4, 0.5) is 0 Å².